The Kier molecular flexibility index (Phi) is 4.31. The summed E-state index contributed by atoms with van der Waals surface area (Å²) in [6, 6.07) is 0. The predicted molar refractivity (Wildman–Crippen MR) is 70.4 cm³/mol. The fourth-order valence-corrected chi connectivity index (χ4v) is 2.72. The van der Waals surface area contributed by atoms with E-state index in [1.807, 2.05) is 5.38 Å². The van der Waals surface area contributed by atoms with Crippen LogP contribution < -0.4 is 0 Å². The lowest BCUT2D eigenvalue weighted by Crippen LogP contribution is -2.47. The number of nitrogens with zero attached hydrogens (tertiary/aromatic N) is 3. The predicted octanol–water partition coefficient (Wildman–Crippen LogP) is 0.198. The molecule has 0 bridgehead atoms. The van der Waals surface area contributed by atoms with Crippen LogP contribution in [0.15, 0.2) is 5.38 Å². The molecule has 0 radical (unpaired) electrons. The van der Waals surface area contributed by atoms with Gasteiger partial charge in [-0.05, 0) is 0 Å². The summed E-state index contributed by atoms with van der Waals surface area (Å²) in [5.41, 5.74) is 1.03. The molecule has 1 aromatic heterocycles. The highest BCUT2D eigenvalue weighted by Crippen LogP contribution is 2.19. The summed E-state index contributed by atoms with van der Waals surface area (Å²) in [5.74, 6) is 0.513. The van der Waals surface area contributed by atoms with Crippen LogP contribution in [-0.2, 0) is 17.8 Å². The molecule has 0 aliphatic carbocycles. The molecule has 1 aromatic rings. The molecule has 0 aromatic carbocycles. The van der Waals surface area contributed by atoms with Gasteiger partial charge in [0, 0.05) is 51.6 Å². The Labute approximate surface area is 111 Å². The van der Waals surface area contributed by atoms with Crippen LogP contribution in [0.1, 0.15) is 10.7 Å². The van der Waals surface area contributed by atoms with Crippen LogP contribution in [0.4, 0.5) is 0 Å². The third-order valence-electron chi connectivity index (χ3n) is 3.08. The Morgan fingerprint density at radius 1 is 1.61 bits per heavy atom. The molecule has 1 amide bonds. The fourth-order valence-electron chi connectivity index (χ4n) is 1.94. The molecular weight excluding hydrogens is 250 g/mol. The summed E-state index contributed by atoms with van der Waals surface area (Å²) in [7, 11) is 3.51. The maximum atomic E-state index is 11.5. The minimum absolute atomic E-state index is 0.0835. The zero-order valence-electron chi connectivity index (χ0n) is 10.8. The van der Waals surface area contributed by atoms with Gasteiger partial charge in [0.25, 0.3) is 0 Å². The maximum absolute atomic E-state index is 11.5. The molecule has 1 aliphatic rings. The van der Waals surface area contributed by atoms with Crippen LogP contribution in [-0.4, -0.2) is 59.6 Å². The van der Waals surface area contributed by atoms with Crippen LogP contribution in [0.25, 0.3) is 0 Å². The number of hydrogen-bond acceptors (Lipinski definition) is 5. The minimum Gasteiger partial charge on any atom is -0.396 e. The van der Waals surface area contributed by atoms with Gasteiger partial charge in [0.2, 0.25) is 5.91 Å². The van der Waals surface area contributed by atoms with E-state index >= 15 is 0 Å². The average molecular weight is 269 g/mol. The van der Waals surface area contributed by atoms with Gasteiger partial charge in [-0.25, -0.2) is 4.98 Å². The summed E-state index contributed by atoms with van der Waals surface area (Å²) in [5, 5.41) is 11.8. The fraction of sp³-hybridized carbons (Fsp3) is 0.667. The van der Waals surface area contributed by atoms with Crippen molar-refractivity contribution in [3.05, 3.63) is 16.1 Å². The van der Waals surface area contributed by atoms with Gasteiger partial charge >= 0.3 is 0 Å². The van der Waals surface area contributed by atoms with Gasteiger partial charge in [-0.2, -0.15) is 0 Å². The molecular formula is C12H19N3O2S. The van der Waals surface area contributed by atoms with Gasteiger partial charge in [-0.1, -0.05) is 0 Å². The third-order valence-corrected chi connectivity index (χ3v) is 3.97. The van der Waals surface area contributed by atoms with E-state index in [0.29, 0.717) is 12.3 Å². The first kappa shape index (κ1) is 13.5. The standard InChI is InChI=1S/C12H19N3O2S/c1-14(2)12(17)3-11-13-10(8-18-11)6-15-4-9(5-15)7-16/h8-9,16H,3-7H2,1-2H3. The van der Waals surface area contributed by atoms with Crippen molar-refractivity contribution >= 4 is 17.2 Å². The molecule has 0 unspecified atom stereocenters. The van der Waals surface area contributed by atoms with Crippen molar-refractivity contribution < 1.29 is 9.90 Å². The molecule has 18 heavy (non-hydrogen) atoms. The summed E-state index contributed by atoms with van der Waals surface area (Å²) >= 11 is 1.54. The smallest absolute Gasteiger partial charge is 0.228 e. The molecule has 1 N–H and O–H groups in total. The molecule has 6 heteroatoms. The maximum Gasteiger partial charge on any atom is 0.228 e. The van der Waals surface area contributed by atoms with Gasteiger partial charge in [-0.3, -0.25) is 9.69 Å². The second-order valence-electron chi connectivity index (χ2n) is 4.94. The molecule has 0 atom stereocenters. The van der Waals surface area contributed by atoms with Crippen molar-refractivity contribution in [3.8, 4) is 0 Å². The van der Waals surface area contributed by atoms with Gasteiger partial charge in [-0.15, -0.1) is 11.3 Å². The molecule has 0 saturated carbocycles. The van der Waals surface area contributed by atoms with E-state index < -0.39 is 0 Å². The average Bonchev–Trinajstić information content (AvgIpc) is 2.70. The first-order valence-corrected chi connectivity index (χ1v) is 6.93. The van der Waals surface area contributed by atoms with E-state index in [4.69, 9.17) is 5.11 Å². The number of aliphatic hydroxyl groups excluding tert-OH is 1. The third kappa shape index (κ3) is 3.28. The van der Waals surface area contributed by atoms with Gasteiger partial charge in [0.1, 0.15) is 5.01 Å². The van der Waals surface area contributed by atoms with Crippen molar-refractivity contribution in [2.24, 2.45) is 5.92 Å². The highest BCUT2D eigenvalue weighted by Gasteiger charge is 2.26. The van der Waals surface area contributed by atoms with E-state index in [1.54, 1.807) is 30.3 Å². The minimum atomic E-state index is 0.0835. The van der Waals surface area contributed by atoms with Crippen molar-refractivity contribution in [1.29, 1.82) is 0 Å². The number of likely N-dealkylation sites (tertiary alicyclic amines) is 1. The Morgan fingerprint density at radius 2 is 2.33 bits per heavy atom. The van der Waals surface area contributed by atoms with E-state index in [1.165, 1.54) is 0 Å². The topological polar surface area (TPSA) is 56.7 Å². The lowest BCUT2D eigenvalue weighted by molar-refractivity contribution is -0.127. The molecule has 1 fully saturated rings. The number of thiazole rings is 1. The second-order valence-corrected chi connectivity index (χ2v) is 5.88. The van der Waals surface area contributed by atoms with Crippen molar-refractivity contribution in [2.75, 3.05) is 33.8 Å². The van der Waals surface area contributed by atoms with Crippen molar-refractivity contribution in [3.63, 3.8) is 0 Å². The molecule has 0 spiro atoms. The zero-order chi connectivity index (χ0) is 13.1. The SMILES string of the molecule is CN(C)C(=O)Cc1nc(CN2CC(CO)C2)cs1. The molecule has 2 rings (SSSR count). The number of likely N-dealkylation sites (N-methyl/N-ethyl adjacent to an activating group) is 1. The van der Waals surface area contributed by atoms with Crippen LogP contribution in [0.3, 0.4) is 0 Å². The number of aliphatic hydroxyl groups is 1. The van der Waals surface area contributed by atoms with Crippen molar-refractivity contribution in [2.45, 2.75) is 13.0 Å². The number of carbonyl (C=O) groups excluding carboxylic acids is 1. The molecule has 100 valence electrons. The van der Waals surface area contributed by atoms with E-state index in [9.17, 15) is 4.79 Å². The largest absolute Gasteiger partial charge is 0.396 e. The van der Waals surface area contributed by atoms with E-state index in [2.05, 4.69) is 9.88 Å². The van der Waals surface area contributed by atoms with Gasteiger partial charge < -0.3 is 10.0 Å². The quantitative estimate of drug-likeness (QED) is 0.829. The van der Waals surface area contributed by atoms with Crippen LogP contribution in [0, 0.1) is 5.92 Å². The lowest BCUT2D eigenvalue weighted by atomic mass is 10.0. The van der Waals surface area contributed by atoms with Gasteiger partial charge in [0.15, 0.2) is 0 Å². The summed E-state index contributed by atoms with van der Waals surface area (Å²) in [4.78, 5) is 19.9. The monoisotopic (exact) mass is 269 g/mol. The normalized spacial score (nSPS) is 16.6. The van der Waals surface area contributed by atoms with Crippen LogP contribution >= 0.6 is 11.3 Å². The molecule has 2 heterocycles. The molecule has 5 nitrogen and oxygen atoms in total. The van der Waals surface area contributed by atoms with Crippen LogP contribution in [0.2, 0.25) is 0 Å². The Bertz CT molecular complexity index is 413. The zero-order valence-corrected chi connectivity index (χ0v) is 11.6. The highest BCUT2D eigenvalue weighted by atomic mass is 32.1. The number of hydrogen-bond donors (Lipinski definition) is 1. The first-order chi connectivity index (χ1) is 8.58. The Balaban J connectivity index is 1.81. The first-order valence-electron chi connectivity index (χ1n) is 6.05. The second kappa shape index (κ2) is 5.77. The van der Waals surface area contributed by atoms with Gasteiger partial charge in [0.05, 0.1) is 12.1 Å². The molecule has 1 aliphatic heterocycles. The van der Waals surface area contributed by atoms with Crippen molar-refractivity contribution in [1.82, 2.24) is 14.8 Å². The Hall–Kier alpha value is -0.980. The summed E-state index contributed by atoms with van der Waals surface area (Å²) in [6.07, 6.45) is 0.386. The lowest BCUT2D eigenvalue weighted by Gasteiger charge is -2.37. The number of carbonyl (C=O) groups is 1. The summed E-state index contributed by atoms with van der Waals surface area (Å²) < 4.78 is 0. The number of rotatable bonds is 5. The van der Waals surface area contributed by atoms with E-state index in [0.717, 1.165) is 30.3 Å². The highest BCUT2D eigenvalue weighted by molar-refractivity contribution is 7.09. The summed E-state index contributed by atoms with van der Waals surface area (Å²) in [6.45, 7) is 2.99. The number of amides is 1. The van der Waals surface area contributed by atoms with Crippen LogP contribution in [0.5, 0.6) is 0 Å². The Morgan fingerprint density at radius 3 is 2.94 bits per heavy atom. The van der Waals surface area contributed by atoms with E-state index in [-0.39, 0.29) is 12.5 Å². The molecule has 1 saturated heterocycles. The number of aromatic nitrogens is 1.